The first-order valence-electron chi connectivity index (χ1n) is 19.3. The normalized spacial score (nSPS) is 20.2. The van der Waals surface area contributed by atoms with Gasteiger partial charge in [-0.3, -0.25) is 29.8 Å². The highest BCUT2D eigenvalue weighted by Gasteiger charge is 2.54. The Morgan fingerprint density at radius 2 is 1.14 bits per heavy atom. The molecule has 0 spiro atoms. The van der Waals surface area contributed by atoms with Gasteiger partial charge < -0.3 is 38.7 Å². The summed E-state index contributed by atoms with van der Waals surface area (Å²) in [5.74, 6) is -0.511. The van der Waals surface area contributed by atoms with Crippen LogP contribution in [0.4, 0.5) is 9.59 Å². The van der Waals surface area contributed by atoms with Gasteiger partial charge in [0.25, 0.3) is 23.6 Å². The lowest BCUT2D eigenvalue weighted by atomic mass is 9.95. The van der Waals surface area contributed by atoms with Crippen LogP contribution in [0.2, 0.25) is 0 Å². The number of ether oxygens (including phenoxy) is 2. The third kappa shape index (κ3) is 7.09. The van der Waals surface area contributed by atoms with Crippen LogP contribution in [0.3, 0.4) is 0 Å². The molecule has 328 valence electrons. The second-order valence-corrected chi connectivity index (χ2v) is 18.0. The lowest BCUT2D eigenvalue weighted by Gasteiger charge is -2.28. The maximum Gasteiger partial charge on any atom is 0.322 e. The Bertz CT molecular complexity index is 3130. The predicted molar refractivity (Wildman–Crippen MR) is 225 cm³/mol. The summed E-state index contributed by atoms with van der Waals surface area (Å²) in [5, 5.41) is 10.4. The molecule has 8 heterocycles. The van der Waals surface area contributed by atoms with E-state index in [0.29, 0.717) is 40.3 Å². The van der Waals surface area contributed by atoms with Crippen molar-refractivity contribution in [1.29, 1.82) is 0 Å². The molecule has 64 heavy (non-hydrogen) atoms. The molecule has 4 aliphatic heterocycles. The van der Waals surface area contributed by atoms with E-state index in [4.69, 9.17) is 18.3 Å². The Morgan fingerprint density at radius 3 is 1.56 bits per heavy atom. The lowest BCUT2D eigenvalue weighted by molar-refractivity contribution is -0.126. The van der Waals surface area contributed by atoms with Crippen molar-refractivity contribution in [2.75, 3.05) is 39.8 Å². The van der Waals surface area contributed by atoms with Gasteiger partial charge in [0, 0.05) is 42.6 Å². The minimum absolute atomic E-state index is 0.0281. The Hall–Kier alpha value is -7.46. The number of thioether (sulfide) groups is 1. The lowest BCUT2D eigenvalue weighted by Crippen LogP contribution is -2.52. The summed E-state index contributed by atoms with van der Waals surface area (Å²) in [4.78, 5) is 87.7. The molecule has 2 atom stereocenters. The van der Waals surface area contributed by atoms with Crippen molar-refractivity contribution in [1.82, 2.24) is 41.0 Å². The predicted octanol–water partition coefficient (Wildman–Crippen LogP) is 3.18. The highest BCUT2D eigenvalue weighted by atomic mass is 32.2. The maximum atomic E-state index is 13.1. The van der Waals surface area contributed by atoms with Crippen LogP contribution < -0.4 is 30.7 Å². The minimum Gasteiger partial charge on any atom is -0.497 e. The van der Waals surface area contributed by atoms with E-state index in [2.05, 4.69) is 31.2 Å². The Balaban J connectivity index is 0.000000162. The molecule has 20 nitrogen and oxygen atoms in total. The number of methoxy groups -OCH3 is 2. The fraction of sp³-hybridized carbons (Fsp3) is 0.238. The van der Waals surface area contributed by atoms with E-state index < -0.39 is 44.8 Å². The van der Waals surface area contributed by atoms with E-state index in [9.17, 15) is 37.2 Å². The number of carbonyl (C=O) groups is 6. The van der Waals surface area contributed by atoms with Crippen molar-refractivity contribution in [2.24, 2.45) is 0 Å². The quantitative estimate of drug-likeness (QED) is 0.114. The van der Waals surface area contributed by atoms with Gasteiger partial charge in [-0.25, -0.2) is 28.0 Å². The van der Waals surface area contributed by atoms with Gasteiger partial charge in [0.05, 0.1) is 32.3 Å². The van der Waals surface area contributed by atoms with Crippen molar-refractivity contribution >= 4 is 79.5 Å². The number of nitrogens with zero attached hydrogens (tertiary/aromatic N) is 4. The maximum absolute atomic E-state index is 13.1. The molecule has 6 aromatic rings. The molecule has 10 rings (SSSR count). The molecular weight excluding hydrogens is 873 g/mol. The number of amides is 8. The molecule has 0 aliphatic carbocycles. The zero-order valence-electron chi connectivity index (χ0n) is 34.3. The van der Waals surface area contributed by atoms with Gasteiger partial charge in [0.15, 0.2) is 37.1 Å². The Kier molecular flexibility index (Phi) is 10.1. The average molecular weight is 909 g/mol. The zero-order chi connectivity index (χ0) is 45.3. The van der Waals surface area contributed by atoms with E-state index in [1.807, 2.05) is 18.4 Å². The summed E-state index contributed by atoms with van der Waals surface area (Å²) in [5.41, 5.74) is 0.732. The van der Waals surface area contributed by atoms with E-state index >= 15 is 0 Å². The number of benzene rings is 2. The fourth-order valence-corrected chi connectivity index (χ4v) is 9.00. The van der Waals surface area contributed by atoms with Crippen molar-refractivity contribution in [3.63, 3.8) is 0 Å². The molecule has 2 fully saturated rings. The minimum atomic E-state index is -3.57. The number of sulfone groups is 1. The van der Waals surface area contributed by atoms with Crippen LogP contribution in [0.1, 0.15) is 43.4 Å². The van der Waals surface area contributed by atoms with Crippen LogP contribution in [-0.2, 0) is 43.6 Å². The first kappa shape index (κ1) is 41.9. The Labute approximate surface area is 366 Å². The molecule has 0 radical (unpaired) electrons. The number of hydrogen-bond donors (Lipinski definition) is 4. The van der Waals surface area contributed by atoms with Gasteiger partial charge in [-0.2, -0.15) is 0 Å². The van der Waals surface area contributed by atoms with Crippen LogP contribution in [-0.4, -0.2) is 104 Å². The summed E-state index contributed by atoms with van der Waals surface area (Å²) >= 11 is 1.48. The molecule has 0 unspecified atom stereocenters. The van der Waals surface area contributed by atoms with Gasteiger partial charge >= 0.3 is 12.1 Å². The van der Waals surface area contributed by atoms with Crippen molar-refractivity contribution in [3.8, 4) is 11.5 Å². The van der Waals surface area contributed by atoms with Gasteiger partial charge in [-0.05, 0) is 65.9 Å². The van der Waals surface area contributed by atoms with E-state index in [1.165, 1.54) is 54.0 Å². The summed E-state index contributed by atoms with van der Waals surface area (Å²) < 4.78 is 45.8. The number of imide groups is 2. The Morgan fingerprint density at radius 1 is 0.672 bits per heavy atom. The molecule has 22 heteroatoms. The number of aromatic nitrogens is 2. The molecule has 0 saturated carbocycles. The van der Waals surface area contributed by atoms with Gasteiger partial charge in [-0.15, -0.1) is 11.8 Å². The van der Waals surface area contributed by atoms with Crippen molar-refractivity contribution in [3.05, 3.63) is 107 Å². The number of carbonyl (C=O) groups excluding carboxylic acids is 6. The van der Waals surface area contributed by atoms with Gasteiger partial charge in [-0.1, -0.05) is 12.1 Å². The molecule has 8 amide bonds. The van der Waals surface area contributed by atoms with Crippen LogP contribution >= 0.6 is 11.8 Å². The molecule has 0 bridgehead atoms. The van der Waals surface area contributed by atoms with Gasteiger partial charge in [0.1, 0.15) is 34.1 Å². The summed E-state index contributed by atoms with van der Waals surface area (Å²) in [7, 11) is -0.537. The van der Waals surface area contributed by atoms with E-state index in [0.717, 1.165) is 22.4 Å². The first-order chi connectivity index (χ1) is 30.5. The number of pyridine rings is 2. The highest BCUT2D eigenvalue weighted by molar-refractivity contribution is 7.98. The monoisotopic (exact) mass is 908 g/mol. The topological polar surface area (TPSA) is 262 Å². The van der Waals surface area contributed by atoms with Crippen LogP contribution in [0.5, 0.6) is 11.5 Å². The molecule has 4 N–H and O–H groups in total. The number of hydrogen-bond acceptors (Lipinski definition) is 15. The molecule has 4 aliphatic rings. The molecular formula is C42H36N8O12S2. The van der Waals surface area contributed by atoms with E-state index in [1.54, 1.807) is 42.5 Å². The second kappa shape index (κ2) is 15.4. The average Bonchev–Trinajstić information content (AvgIpc) is 4.12. The summed E-state index contributed by atoms with van der Waals surface area (Å²) in [6.45, 7) is 0.229. The van der Waals surface area contributed by atoms with Crippen molar-refractivity contribution < 1.29 is 55.5 Å². The largest absolute Gasteiger partial charge is 0.497 e. The van der Waals surface area contributed by atoms with E-state index in [-0.39, 0.29) is 59.1 Å². The number of fused-ring (bicyclic) bond motifs is 4. The SMILES string of the molecule is COc1ccc2c(c1)C(=O)N(C[C@@]1(c3cc4nc(S(C)(=O)=O)ccc4o3)NC(=O)NC1=O)C2.COc1ccc2c(c1)C(=O)N(C[C@@]1(c3cc4nc(SC)ccc4o3)NC(=O)NC1=O)C2. The standard InChI is InChI=1S/C21H18N4O7S.C21H18N4O5S/c1-31-12-4-3-11-9-25(18(26)13(11)7-12)10-21(19(27)23-20(28)24-21)16-8-14-15(32-16)5-6-17(22-14)33(2,29)30;1-29-12-4-3-11-9-25(18(26)13(11)7-12)10-21(19(27)23-20(28)24-21)16-8-14-15(30-16)5-6-17(22-14)31-2/h3-8H,9-10H2,1-2H3,(H2,23,24,27,28);3-8H,9-10H2,1-2H3,(H2,23,24,27,28)/t2*21-/m00/s1. The highest BCUT2D eigenvalue weighted by Crippen LogP contribution is 2.37. The molecule has 2 aromatic carbocycles. The second-order valence-electron chi connectivity index (χ2n) is 15.3. The summed E-state index contributed by atoms with van der Waals surface area (Å²) in [6, 6.07) is 18.3. The smallest absolute Gasteiger partial charge is 0.322 e. The van der Waals surface area contributed by atoms with Crippen LogP contribution in [0, 0.1) is 0 Å². The third-order valence-electron chi connectivity index (χ3n) is 11.3. The fourth-order valence-electron chi connectivity index (χ4n) is 8.02. The van der Waals surface area contributed by atoms with Gasteiger partial charge in [0.2, 0.25) is 0 Å². The number of urea groups is 2. The number of furan rings is 2. The third-order valence-corrected chi connectivity index (χ3v) is 12.9. The zero-order valence-corrected chi connectivity index (χ0v) is 35.9. The number of nitrogens with one attached hydrogen (secondary N) is 4. The van der Waals surface area contributed by atoms with Crippen LogP contribution in [0.25, 0.3) is 22.2 Å². The van der Waals surface area contributed by atoms with Crippen molar-refractivity contribution in [2.45, 2.75) is 34.2 Å². The van der Waals surface area contributed by atoms with Crippen LogP contribution in [0.15, 0.2) is 91.7 Å². The number of rotatable bonds is 10. The molecule has 2 saturated heterocycles. The molecule has 4 aromatic heterocycles. The first-order valence-corrected chi connectivity index (χ1v) is 22.4. The summed E-state index contributed by atoms with van der Waals surface area (Å²) in [6.07, 6.45) is 2.94.